The number of amides is 2. The molecule has 4 aromatic rings. The summed E-state index contributed by atoms with van der Waals surface area (Å²) in [6.07, 6.45) is 7.05. The molecule has 2 aromatic carbocycles. The second-order valence-corrected chi connectivity index (χ2v) is 8.99. The Bertz CT molecular complexity index is 1330. The van der Waals surface area contributed by atoms with Crippen molar-refractivity contribution in [1.82, 2.24) is 14.8 Å². The summed E-state index contributed by atoms with van der Waals surface area (Å²) in [6, 6.07) is 21.3. The van der Waals surface area contributed by atoms with E-state index in [1.807, 2.05) is 65.5 Å². The van der Waals surface area contributed by atoms with Crippen LogP contribution >= 0.6 is 0 Å². The van der Waals surface area contributed by atoms with Gasteiger partial charge in [0.05, 0.1) is 24.3 Å². The lowest BCUT2D eigenvalue weighted by Crippen LogP contribution is -2.41. The van der Waals surface area contributed by atoms with Crippen LogP contribution in [0.4, 0.5) is 11.5 Å². The van der Waals surface area contributed by atoms with Crippen molar-refractivity contribution in [1.29, 1.82) is 0 Å². The van der Waals surface area contributed by atoms with Gasteiger partial charge < -0.3 is 16.0 Å². The minimum Gasteiger partial charge on any atom is -0.369 e. The van der Waals surface area contributed by atoms with Crippen molar-refractivity contribution in [2.45, 2.75) is 19.4 Å². The Morgan fingerprint density at radius 3 is 2.58 bits per heavy atom. The zero-order valence-corrected chi connectivity index (χ0v) is 19.9. The summed E-state index contributed by atoms with van der Waals surface area (Å²) >= 11 is 0. The van der Waals surface area contributed by atoms with Crippen molar-refractivity contribution in [3.8, 4) is 11.1 Å². The summed E-state index contributed by atoms with van der Waals surface area (Å²) in [6.45, 7) is 2.10. The van der Waals surface area contributed by atoms with Crippen LogP contribution in [-0.2, 0) is 11.3 Å². The molecule has 3 N–H and O–H groups in total. The molecule has 1 saturated heterocycles. The fourth-order valence-electron chi connectivity index (χ4n) is 4.57. The van der Waals surface area contributed by atoms with Gasteiger partial charge in [0.25, 0.3) is 5.91 Å². The standard InChI is InChI=1S/C28H28N6O2/c29-27(35)22-5-3-15-33(19-22)26-13-12-23(17-30-26)32-28(36)25-7-2-1-6-24(25)21-10-8-20(9-11-21)18-34-16-4-14-31-34/h1-2,4,6-14,16-17,22H,3,5,15,18-19H2,(H2,29,35)(H,32,36). The molecule has 8 heteroatoms. The Kier molecular flexibility index (Phi) is 6.75. The molecule has 182 valence electrons. The van der Waals surface area contributed by atoms with Crippen LogP contribution in [0.25, 0.3) is 11.1 Å². The summed E-state index contributed by atoms with van der Waals surface area (Å²) in [4.78, 5) is 31.3. The van der Waals surface area contributed by atoms with Crippen LogP contribution < -0.4 is 16.0 Å². The number of rotatable bonds is 7. The molecule has 0 bridgehead atoms. The number of nitrogens with one attached hydrogen (secondary N) is 1. The number of anilines is 2. The van der Waals surface area contributed by atoms with E-state index in [4.69, 9.17) is 5.73 Å². The average Bonchev–Trinajstić information content (AvgIpc) is 3.43. The third-order valence-electron chi connectivity index (χ3n) is 6.49. The van der Waals surface area contributed by atoms with E-state index in [-0.39, 0.29) is 17.7 Å². The van der Waals surface area contributed by atoms with Gasteiger partial charge in [-0.2, -0.15) is 5.10 Å². The van der Waals surface area contributed by atoms with Crippen molar-refractivity contribution in [3.63, 3.8) is 0 Å². The first-order chi connectivity index (χ1) is 17.6. The van der Waals surface area contributed by atoms with Crippen LogP contribution in [0.1, 0.15) is 28.8 Å². The normalized spacial score (nSPS) is 15.4. The number of aromatic nitrogens is 3. The smallest absolute Gasteiger partial charge is 0.256 e. The van der Waals surface area contributed by atoms with Crippen LogP contribution in [0.15, 0.2) is 85.3 Å². The van der Waals surface area contributed by atoms with Crippen molar-refractivity contribution in [2.24, 2.45) is 11.7 Å². The van der Waals surface area contributed by atoms with Crippen LogP contribution in [0, 0.1) is 5.92 Å². The summed E-state index contributed by atoms with van der Waals surface area (Å²) in [5, 5.41) is 7.21. The maximum Gasteiger partial charge on any atom is 0.256 e. The first-order valence-corrected chi connectivity index (χ1v) is 12.0. The molecule has 1 aliphatic rings. The molecule has 36 heavy (non-hydrogen) atoms. The second kappa shape index (κ2) is 10.4. The molecule has 3 heterocycles. The molecule has 2 amide bonds. The molecule has 8 nitrogen and oxygen atoms in total. The minimum atomic E-state index is -0.269. The summed E-state index contributed by atoms with van der Waals surface area (Å²) in [5.74, 6) is 0.146. The first kappa shape index (κ1) is 23.3. The van der Waals surface area contributed by atoms with Gasteiger partial charge in [-0.15, -0.1) is 0 Å². The van der Waals surface area contributed by atoms with Gasteiger partial charge in [0, 0.05) is 31.0 Å². The predicted molar refractivity (Wildman–Crippen MR) is 140 cm³/mol. The minimum absolute atomic E-state index is 0.156. The Labute approximate surface area is 209 Å². The third kappa shape index (κ3) is 5.27. The van der Waals surface area contributed by atoms with Crippen LogP contribution in [-0.4, -0.2) is 39.7 Å². The third-order valence-corrected chi connectivity index (χ3v) is 6.49. The van der Waals surface area contributed by atoms with E-state index >= 15 is 0 Å². The highest BCUT2D eigenvalue weighted by molar-refractivity contribution is 6.08. The van der Waals surface area contributed by atoms with E-state index in [0.29, 0.717) is 24.3 Å². The van der Waals surface area contributed by atoms with Crippen molar-refractivity contribution in [2.75, 3.05) is 23.3 Å². The number of carbonyl (C=O) groups is 2. The molecular weight excluding hydrogens is 452 g/mol. The van der Waals surface area contributed by atoms with Crippen molar-refractivity contribution < 1.29 is 9.59 Å². The largest absolute Gasteiger partial charge is 0.369 e. The highest BCUT2D eigenvalue weighted by atomic mass is 16.2. The Morgan fingerprint density at radius 1 is 1.03 bits per heavy atom. The number of hydrogen-bond donors (Lipinski definition) is 2. The number of nitrogens with two attached hydrogens (primary N) is 1. The number of primary amides is 1. The summed E-state index contributed by atoms with van der Waals surface area (Å²) in [7, 11) is 0. The number of piperidine rings is 1. The van der Waals surface area contributed by atoms with Gasteiger partial charge in [0.1, 0.15) is 5.82 Å². The maximum atomic E-state index is 13.2. The van der Waals surface area contributed by atoms with Gasteiger partial charge >= 0.3 is 0 Å². The number of hydrogen-bond acceptors (Lipinski definition) is 5. The van der Waals surface area contributed by atoms with Gasteiger partial charge in [0.15, 0.2) is 0 Å². The van der Waals surface area contributed by atoms with E-state index in [1.165, 1.54) is 0 Å². The lowest BCUT2D eigenvalue weighted by Gasteiger charge is -2.32. The first-order valence-electron chi connectivity index (χ1n) is 12.0. The average molecular weight is 481 g/mol. The molecule has 1 aliphatic heterocycles. The monoisotopic (exact) mass is 480 g/mol. The predicted octanol–water partition coefficient (Wildman–Crippen LogP) is 3.95. The van der Waals surface area contributed by atoms with Gasteiger partial charge in [-0.1, -0.05) is 42.5 Å². The molecule has 1 unspecified atom stereocenters. The topological polar surface area (TPSA) is 106 Å². The maximum absolute atomic E-state index is 13.2. The van der Waals surface area contributed by atoms with E-state index in [1.54, 1.807) is 12.4 Å². The molecule has 1 fully saturated rings. The lowest BCUT2D eigenvalue weighted by molar-refractivity contribution is -0.122. The summed E-state index contributed by atoms with van der Waals surface area (Å²) in [5.41, 5.74) is 9.64. The van der Waals surface area contributed by atoms with Gasteiger partial charge in [0.2, 0.25) is 5.91 Å². The van der Waals surface area contributed by atoms with Crippen LogP contribution in [0.5, 0.6) is 0 Å². The fourth-order valence-corrected chi connectivity index (χ4v) is 4.57. The molecule has 0 spiro atoms. The summed E-state index contributed by atoms with van der Waals surface area (Å²) < 4.78 is 1.87. The highest BCUT2D eigenvalue weighted by Crippen LogP contribution is 2.26. The SMILES string of the molecule is NC(=O)C1CCCN(c2ccc(NC(=O)c3ccccc3-c3ccc(Cn4cccn4)cc3)cn2)C1. The molecular formula is C28H28N6O2. The number of pyridine rings is 1. The Balaban J connectivity index is 1.28. The molecule has 0 saturated carbocycles. The van der Waals surface area contributed by atoms with E-state index in [9.17, 15) is 9.59 Å². The molecule has 0 aliphatic carbocycles. The number of carbonyl (C=O) groups excluding carboxylic acids is 2. The molecule has 1 atom stereocenters. The van der Waals surface area contributed by atoms with E-state index < -0.39 is 0 Å². The Hall–Kier alpha value is -4.46. The molecule has 2 aromatic heterocycles. The second-order valence-electron chi connectivity index (χ2n) is 8.99. The molecule has 5 rings (SSSR count). The number of nitrogens with zero attached hydrogens (tertiary/aromatic N) is 4. The lowest BCUT2D eigenvalue weighted by atomic mass is 9.97. The zero-order chi connectivity index (χ0) is 24.9. The number of benzene rings is 2. The van der Waals surface area contributed by atoms with Crippen molar-refractivity contribution in [3.05, 3.63) is 96.4 Å². The van der Waals surface area contributed by atoms with Gasteiger partial charge in [-0.25, -0.2) is 4.98 Å². The highest BCUT2D eigenvalue weighted by Gasteiger charge is 2.24. The van der Waals surface area contributed by atoms with Crippen LogP contribution in [0.2, 0.25) is 0 Å². The van der Waals surface area contributed by atoms with Gasteiger partial charge in [-0.3, -0.25) is 14.3 Å². The zero-order valence-electron chi connectivity index (χ0n) is 19.9. The molecule has 0 radical (unpaired) electrons. The van der Waals surface area contributed by atoms with E-state index in [2.05, 4.69) is 32.4 Å². The quantitative estimate of drug-likeness (QED) is 0.417. The Morgan fingerprint density at radius 2 is 1.86 bits per heavy atom. The van der Waals surface area contributed by atoms with E-state index in [0.717, 1.165) is 41.9 Å². The van der Waals surface area contributed by atoms with Crippen molar-refractivity contribution >= 4 is 23.3 Å². The fraction of sp³-hybridized carbons (Fsp3) is 0.214. The van der Waals surface area contributed by atoms with Crippen LogP contribution in [0.3, 0.4) is 0 Å². The van der Waals surface area contributed by atoms with Gasteiger partial charge in [-0.05, 0) is 53.8 Å².